The van der Waals surface area contributed by atoms with Crippen molar-refractivity contribution in [3.05, 3.63) is 74.3 Å². The highest BCUT2D eigenvalue weighted by Gasteiger charge is 2.62. The number of carbonyl (C=O) groups is 1. The Labute approximate surface area is 225 Å². The molecule has 1 unspecified atom stereocenters. The number of aromatic nitrogens is 3. The summed E-state index contributed by atoms with van der Waals surface area (Å²) in [4.78, 5) is 22.1. The standard InChI is InChI=1S/C23H16Cl2F7N5O2/c1-10-6-11(4-5-13(10)18(38)36(2)20-33-19(22(27,28)29)37(3)34-20)16-9-21(39-35-16,23(30,31)32)12-7-14(24)17(26)15(25)8-12/h4-8H,9H2,1-3H3. The van der Waals surface area contributed by atoms with E-state index in [0.717, 1.165) is 24.1 Å². The van der Waals surface area contributed by atoms with Gasteiger partial charge >= 0.3 is 12.4 Å². The molecule has 0 radical (unpaired) electrons. The number of hydrogen-bond acceptors (Lipinski definition) is 5. The number of amides is 1. The topological polar surface area (TPSA) is 72.6 Å². The first-order chi connectivity index (χ1) is 18.0. The van der Waals surface area contributed by atoms with Crippen molar-refractivity contribution >= 4 is 40.8 Å². The Morgan fingerprint density at radius 2 is 1.72 bits per heavy atom. The van der Waals surface area contributed by atoms with Gasteiger partial charge in [-0.15, -0.1) is 5.10 Å². The highest BCUT2D eigenvalue weighted by molar-refractivity contribution is 6.35. The molecule has 0 bridgehead atoms. The summed E-state index contributed by atoms with van der Waals surface area (Å²) >= 11 is 11.4. The van der Waals surface area contributed by atoms with Crippen LogP contribution in [0, 0.1) is 12.7 Å². The summed E-state index contributed by atoms with van der Waals surface area (Å²) in [6.07, 6.45) is -10.6. The number of anilines is 1. The van der Waals surface area contributed by atoms with Gasteiger partial charge in [-0.3, -0.25) is 9.69 Å². The number of carbonyl (C=O) groups excluding carboxylic acids is 1. The van der Waals surface area contributed by atoms with Crippen molar-refractivity contribution < 1.29 is 40.4 Å². The molecular weight excluding hydrogens is 582 g/mol. The van der Waals surface area contributed by atoms with Gasteiger partial charge in [0, 0.05) is 31.6 Å². The lowest BCUT2D eigenvalue weighted by Crippen LogP contribution is -2.42. The van der Waals surface area contributed by atoms with E-state index in [-0.39, 0.29) is 22.4 Å². The van der Waals surface area contributed by atoms with Crippen LogP contribution >= 0.6 is 23.2 Å². The Hall–Kier alpha value is -3.39. The fourth-order valence-corrected chi connectivity index (χ4v) is 4.45. The molecule has 1 amide bonds. The van der Waals surface area contributed by atoms with Crippen LogP contribution in [0.4, 0.5) is 36.7 Å². The van der Waals surface area contributed by atoms with Crippen LogP contribution in [0.1, 0.15) is 39.3 Å². The van der Waals surface area contributed by atoms with Crippen LogP contribution in [0.3, 0.4) is 0 Å². The van der Waals surface area contributed by atoms with Gasteiger partial charge in [-0.25, -0.2) is 9.07 Å². The molecule has 1 aliphatic heterocycles. The second-order valence-electron chi connectivity index (χ2n) is 8.64. The summed E-state index contributed by atoms with van der Waals surface area (Å²) in [5.74, 6) is -3.66. The van der Waals surface area contributed by atoms with E-state index in [2.05, 4.69) is 15.2 Å². The summed E-state index contributed by atoms with van der Waals surface area (Å²) in [6, 6.07) is 5.47. The van der Waals surface area contributed by atoms with E-state index >= 15 is 0 Å². The molecule has 0 N–H and O–H groups in total. The molecule has 2 heterocycles. The van der Waals surface area contributed by atoms with Gasteiger partial charge in [-0.05, 0) is 42.3 Å². The van der Waals surface area contributed by atoms with Crippen LogP contribution in [-0.2, 0) is 23.7 Å². The molecule has 39 heavy (non-hydrogen) atoms. The Balaban J connectivity index is 1.62. The average Bonchev–Trinajstić information content (AvgIpc) is 3.46. The van der Waals surface area contributed by atoms with Crippen molar-refractivity contribution in [2.24, 2.45) is 12.2 Å². The van der Waals surface area contributed by atoms with E-state index in [1.54, 1.807) is 0 Å². The summed E-state index contributed by atoms with van der Waals surface area (Å²) in [5.41, 5.74) is -3.23. The Bertz CT molecular complexity index is 1480. The molecule has 0 saturated carbocycles. The monoisotopic (exact) mass is 597 g/mol. The van der Waals surface area contributed by atoms with E-state index in [1.807, 2.05) is 0 Å². The fraction of sp³-hybridized carbons (Fsp3) is 0.304. The van der Waals surface area contributed by atoms with Crippen LogP contribution in [0.5, 0.6) is 0 Å². The lowest BCUT2D eigenvalue weighted by Gasteiger charge is -2.29. The number of hydrogen-bond donors (Lipinski definition) is 0. The largest absolute Gasteiger partial charge is 0.451 e. The van der Waals surface area contributed by atoms with E-state index in [4.69, 9.17) is 28.0 Å². The maximum Gasteiger partial charge on any atom is 0.451 e. The number of rotatable bonds is 4. The number of oxime groups is 1. The third-order valence-corrected chi connectivity index (χ3v) is 6.59. The van der Waals surface area contributed by atoms with Crippen LogP contribution in [-0.4, -0.2) is 39.6 Å². The van der Waals surface area contributed by atoms with Crippen LogP contribution < -0.4 is 4.90 Å². The van der Waals surface area contributed by atoms with Gasteiger partial charge in [0.2, 0.25) is 5.82 Å². The number of nitrogens with zero attached hydrogens (tertiary/aromatic N) is 5. The molecule has 0 spiro atoms. The predicted molar refractivity (Wildman–Crippen MR) is 126 cm³/mol. The zero-order chi connectivity index (χ0) is 29.1. The molecule has 0 aliphatic carbocycles. The van der Waals surface area contributed by atoms with Crippen molar-refractivity contribution in [1.82, 2.24) is 14.8 Å². The third-order valence-electron chi connectivity index (χ3n) is 6.04. The van der Waals surface area contributed by atoms with Gasteiger partial charge in [0.1, 0.15) is 0 Å². The minimum absolute atomic E-state index is 0.0287. The summed E-state index contributed by atoms with van der Waals surface area (Å²) in [6.45, 7) is 1.48. The minimum Gasteiger partial charge on any atom is -0.374 e. The molecule has 1 aromatic heterocycles. The molecule has 7 nitrogen and oxygen atoms in total. The minimum atomic E-state index is -5.01. The lowest BCUT2D eigenvalue weighted by molar-refractivity contribution is -0.275. The van der Waals surface area contributed by atoms with Gasteiger partial charge in [0.25, 0.3) is 17.5 Å². The highest BCUT2D eigenvalue weighted by Crippen LogP contribution is 2.50. The van der Waals surface area contributed by atoms with Crippen molar-refractivity contribution in [3.8, 4) is 0 Å². The second kappa shape index (κ2) is 9.66. The molecule has 2 aromatic carbocycles. The fourth-order valence-electron chi connectivity index (χ4n) is 3.96. The van der Waals surface area contributed by atoms with Crippen LogP contribution in [0.2, 0.25) is 10.0 Å². The Morgan fingerprint density at radius 3 is 2.23 bits per heavy atom. The van der Waals surface area contributed by atoms with Crippen LogP contribution in [0.15, 0.2) is 35.5 Å². The highest BCUT2D eigenvalue weighted by atomic mass is 35.5. The first-order valence-electron chi connectivity index (χ1n) is 10.8. The molecule has 4 rings (SSSR count). The van der Waals surface area contributed by atoms with Gasteiger partial charge in [-0.2, -0.15) is 31.3 Å². The SMILES string of the molecule is Cc1cc(C2=NOC(c3cc(Cl)c(F)c(Cl)c3)(C(F)(F)F)C2)ccc1C(=O)N(C)c1nc(C(F)(F)F)n(C)n1. The molecule has 208 valence electrons. The zero-order valence-corrected chi connectivity index (χ0v) is 21.6. The maximum atomic E-state index is 14.2. The first-order valence-corrected chi connectivity index (χ1v) is 11.6. The number of alkyl halides is 6. The summed E-state index contributed by atoms with van der Waals surface area (Å²) in [7, 11) is 2.20. The van der Waals surface area contributed by atoms with E-state index in [9.17, 15) is 35.5 Å². The Morgan fingerprint density at radius 1 is 1.10 bits per heavy atom. The van der Waals surface area contributed by atoms with Gasteiger partial charge in [0.15, 0.2) is 5.82 Å². The van der Waals surface area contributed by atoms with E-state index in [0.29, 0.717) is 4.68 Å². The lowest BCUT2D eigenvalue weighted by atomic mass is 9.86. The Kier molecular flexibility index (Phi) is 7.09. The zero-order valence-electron chi connectivity index (χ0n) is 20.0. The average molecular weight is 598 g/mol. The number of aryl methyl sites for hydroxylation is 2. The second-order valence-corrected chi connectivity index (χ2v) is 9.45. The van der Waals surface area contributed by atoms with Crippen molar-refractivity contribution in [2.45, 2.75) is 31.3 Å². The predicted octanol–water partition coefficient (Wildman–Crippen LogP) is 6.45. The normalized spacial score (nSPS) is 17.7. The quantitative estimate of drug-likeness (QED) is 0.256. The summed E-state index contributed by atoms with van der Waals surface area (Å²) in [5, 5.41) is 5.97. The van der Waals surface area contributed by atoms with Crippen LogP contribution in [0.25, 0.3) is 0 Å². The molecule has 3 aromatic rings. The molecule has 1 aliphatic rings. The van der Waals surface area contributed by atoms with Gasteiger partial charge in [-0.1, -0.05) is 34.4 Å². The molecule has 0 fully saturated rings. The maximum absolute atomic E-state index is 14.2. The van der Waals surface area contributed by atoms with E-state index < -0.39 is 63.5 Å². The molecule has 0 saturated heterocycles. The number of benzene rings is 2. The molecule has 1 atom stereocenters. The van der Waals surface area contributed by atoms with Crippen molar-refractivity contribution in [2.75, 3.05) is 11.9 Å². The smallest absolute Gasteiger partial charge is 0.374 e. The van der Waals surface area contributed by atoms with Crippen molar-refractivity contribution in [3.63, 3.8) is 0 Å². The summed E-state index contributed by atoms with van der Waals surface area (Å²) < 4.78 is 96.2. The van der Waals surface area contributed by atoms with E-state index in [1.165, 1.54) is 32.2 Å². The van der Waals surface area contributed by atoms with Gasteiger partial charge in [0.05, 0.1) is 15.8 Å². The first kappa shape index (κ1) is 28.6. The third kappa shape index (κ3) is 5.02. The number of halogens is 9. The van der Waals surface area contributed by atoms with Crippen molar-refractivity contribution in [1.29, 1.82) is 0 Å². The molecular formula is C23H16Cl2F7N5O2. The van der Waals surface area contributed by atoms with Gasteiger partial charge < -0.3 is 4.84 Å². The molecule has 16 heteroatoms.